The van der Waals surface area contributed by atoms with Gasteiger partial charge in [-0.25, -0.2) is 9.97 Å². The number of aldehydes is 1. The second-order valence-electron chi connectivity index (χ2n) is 5.53. The van der Waals surface area contributed by atoms with Crippen molar-refractivity contribution in [3.63, 3.8) is 0 Å². The fraction of sp³-hybridized carbons (Fsp3) is 0.571. The average Bonchev–Trinajstić information content (AvgIpc) is 2.28. The Morgan fingerprint density at radius 1 is 1.21 bits per heavy atom. The van der Waals surface area contributed by atoms with Crippen LogP contribution in [0.5, 0.6) is 0 Å². The fourth-order valence-electron chi connectivity index (χ4n) is 1.78. The topological polar surface area (TPSA) is 63.2 Å². The standard InChI is InChI=1S/C14H21N3O2/c1-7-17(12(19)14(4,5)6)13-15-9(2)11(8-18)10(3)16-13/h8H,7H2,1-6H3. The molecule has 1 heterocycles. The number of rotatable bonds is 3. The molecule has 1 amide bonds. The highest BCUT2D eigenvalue weighted by atomic mass is 16.2. The van der Waals surface area contributed by atoms with Gasteiger partial charge in [0.15, 0.2) is 6.29 Å². The molecule has 5 nitrogen and oxygen atoms in total. The van der Waals surface area contributed by atoms with Crippen molar-refractivity contribution in [2.75, 3.05) is 11.4 Å². The molecule has 0 aliphatic rings. The molecule has 0 fully saturated rings. The molecule has 104 valence electrons. The van der Waals surface area contributed by atoms with Crippen molar-refractivity contribution in [1.29, 1.82) is 0 Å². The highest BCUT2D eigenvalue weighted by molar-refractivity contribution is 5.95. The molecule has 0 unspecified atom stereocenters. The lowest BCUT2D eigenvalue weighted by atomic mass is 9.95. The van der Waals surface area contributed by atoms with Crippen LogP contribution in [0.2, 0.25) is 0 Å². The number of amides is 1. The van der Waals surface area contributed by atoms with Crippen LogP contribution >= 0.6 is 0 Å². The zero-order valence-corrected chi connectivity index (χ0v) is 12.4. The molecule has 0 atom stereocenters. The summed E-state index contributed by atoms with van der Waals surface area (Å²) in [6, 6.07) is 0. The van der Waals surface area contributed by atoms with Crippen molar-refractivity contribution in [1.82, 2.24) is 9.97 Å². The summed E-state index contributed by atoms with van der Waals surface area (Å²) in [5.41, 5.74) is 1.18. The van der Waals surface area contributed by atoms with Gasteiger partial charge in [-0.05, 0) is 20.8 Å². The third-order valence-corrected chi connectivity index (χ3v) is 2.88. The molecule has 19 heavy (non-hydrogen) atoms. The Kier molecular flexibility index (Phi) is 4.39. The maximum atomic E-state index is 12.3. The quantitative estimate of drug-likeness (QED) is 0.785. The molecule has 0 radical (unpaired) electrons. The van der Waals surface area contributed by atoms with E-state index in [1.54, 1.807) is 18.7 Å². The zero-order valence-electron chi connectivity index (χ0n) is 12.4. The smallest absolute Gasteiger partial charge is 0.234 e. The molecule has 0 saturated carbocycles. The van der Waals surface area contributed by atoms with Crippen LogP contribution in [0.15, 0.2) is 0 Å². The second kappa shape index (κ2) is 5.47. The van der Waals surface area contributed by atoms with Crippen molar-refractivity contribution in [2.24, 2.45) is 5.41 Å². The van der Waals surface area contributed by atoms with Gasteiger partial charge in [-0.3, -0.25) is 14.5 Å². The van der Waals surface area contributed by atoms with Gasteiger partial charge in [0.2, 0.25) is 11.9 Å². The van der Waals surface area contributed by atoms with Crippen LogP contribution < -0.4 is 4.90 Å². The predicted octanol–water partition coefficient (Wildman–Crippen LogP) is 2.30. The third kappa shape index (κ3) is 3.16. The van der Waals surface area contributed by atoms with Crippen molar-refractivity contribution < 1.29 is 9.59 Å². The van der Waals surface area contributed by atoms with E-state index in [9.17, 15) is 9.59 Å². The predicted molar refractivity (Wildman–Crippen MR) is 74.4 cm³/mol. The first-order valence-electron chi connectivity index (χ1n) is 6.34. The summed E-state index contributed by atoms with van der Waals surface area (Å²) in [6.07, 6.45) is 0.746. The van der Waals surface area contributed by atoms with E-state index in [0.717, 1.165) is 6.29 Å². The first-order valence-corrected chi connectivity index (χ1v) is 6.34. The first kappa shape index (κ1) is 15.3. The zero-order chi connectivity index (χ0) is 14.8. The largest absolute Gasteiger partial charge is 0.298 e. The van der Waals surface area contributed by atoms with E-state index in [1.807, 2.05) is 27.7 Å². The van der Waals surface area contributed by atoms with Gasteiger partial charge in [0.05, 0.1) is 17.0 Å². The van der Waals surface area contributed by atoms with E-state index in [0.29, 0.717) is 29.4 Å². The molecule has 1 aromatic rings. The highest BCUT2D eigenvalue weighted by Gasteiger charge is 2.29. The Bertz CT molecular complexity index is 481. The Morgan fingerprint density at radius 2 is 1.68 bits per heavy atom. The van der Waals surface area contributed by atoms with Gasteiger partial charge >= 0.3 is 0 Å². The number of hydrogen-bond donors (Lipinski definition) is 0. The van der Waals surface area contributed by atoms with E-state index in [1.165, 1.54) is 0 Å². The first-order chi connectivity index (χ1) is 8.72. The van der Waals surface area contributed by atoms with Gasteiger partial charge < -0.3 is 0 Å². The van der Waals surface area contributed by atoms with E-state index >= 15 is 0 Å². The Morgan fingerprint density at radius 3 is 2.00 bits per heavy atom. The molecule has 0 bridgehead atoms. The summed E-state index contributed by atoms with van der Waals surface area (Å²) in [6.45, 7) is 11.4. The number of anilines is 1. The summed E-state index contributed by atoms with van der Waals surface area (Å²) in [5, 5.41) is 0. The summed E-state index contributed by atoms with van der Waals surface area (Å²) in [5.74, 6) is 0.329. The van der Waals surface area contributed by atoms with Crippen molar-refractivity contribution >= 4 is 18.1 Å². The minimum atomic E-state index is -0.496. The summed E-state index contributed by atoms with van der Waals surface area (Å²) in [4.78, 5) is 33.4. The summed E-state index contributed by atoms with van der Waals surface area (Å²) < 4.78 is 0. The molecular formula is C14H21N3O2. The van der Waals surface area contributed by atoms with E-state index in [4.69, 9.17) is 0 Å². The monoisotopic (exact) mass is 263 g/mol. The van der Waals surface area contributed by atoms with Gasteiger partial charge in [-0.2, -0.15) is 0 Å². The Balaban J connectivity index is 3.28. The van der Waals surface area contributed by atoms with Gasteiger partial charge in [-0.15, -0.1) is 0 Å². The summed E-state index contributed by atoms with van der Waals surface area (Å²) in [7, 11) is 0. The normalized spacial score (nSPS) is 11.3. The minimum Gasteiger partial charge on any atom is -0.298 e. The maximum Gasteiger partial charge on any atom is 0.234 e. The fourth-order valence-corrected chi connectivity index (χ4v) is 1.78. The molecule has 1 aromatic heterocycles. The van der Waals surface area contributed by atoms with Crippen molar-refractivity contribution in [3.8, 4) is 0 Å². The van der Waals surface area contributed by atoms with Gasteiger partial charge in [0.1, 0.15) is 0 Å². The van der Waals surface area contributed by atoms with Crippen LogP contribution in [-0.2, 0) is 4.79 Å². The number of carbonyl (C=O) groups is 2. The molecule has 5 heteroatoms. The lowest BCUT2D eigenvalue weighted by Crippen LogP contribution is -2.40. The molecule has 1 rings (SSSR count). The number of nitrogens with zero attached hydrogens (tertiary/aromatic N) is 3. The third-order valence-electron chi connectivity index (χ3n) is 2.88. The molecule has 0 aromatic carbocycles. The lowest BCUT2D eigenvalue weighted by Gasteiger charge is -2.27. The molecule has 0 aliphatic heterocycles. The molecule has 0 saturated heterocycles. The van der Waals surface area contributed by atoms with E-state index in [2.05, 4.69) is 9.97 Å². The number of hydrogen-bond acceptors (Lipinski definition) is 4. The summed E-state index contributed by atoms with van der Waals surface area (Å²) >= 11 is 0. The molecule has 0 spiro atoms. The molecular weight excluding hydrogens is 242 g/mol. The second-order valence-corrected chi connectivity index (χ2v) is 5.53. The average molecular weight is 263 g/mol. The van der Waals surface area contributed by atoms with Gasteiger partial charge in [-0.1, -0.05) is 20.8 Å². The van der Waals surface area contributed by atoms with Crippen LogP contribution in [0.25, 0.3) is 0 Å². The van der Waals surface area contributed by atoms with Gasteiger partial charge in [0.25, 0.3) is 0 Å². The highest BCUT2D eigenvalue weighted by Crippen LogP contribution is 2.22. The van der Waals surface area contributed by atoms with Crippen LogP contribution in [-0.4, -0.2) is 28.7 Å². The van der Waals surface area contributed by atoms with Crippen LogP contribution in [0.1, 0.15) is 49.4 Å². The van der Waals surface area contributed by atoms with E-state index < -0.39 is 5.41 Å². The van der Waals surface area contributed by atoms with Crippen molar-refractivity contribution in [3.05, 3.63) is 17.0 Å². The van der Waals surface area contributed by atoms with Crippen LogP contribution in [0, 0.1) is 19.3 Å². The maximum absolute atomic E-state index is 12.3. The number of aryl methyl sites for hydroxylation is 2. The van der Waals surface area contributed by atoms with Gasteiger partial charge in [0, 0.05) is 12.0 Å². The molecule has 0 aliphatic carbocycles. The van der Waals surface area contributed by atoms with Crippen molar-refractivity contribution in [2.45, 2.75) is 41.5 Å². The minimum absolute atomic E-state index is 0.0346. The number of carbonyl (C=O) groups excluding carboxylic acids is 2. The SMILES string of the molecule is CCN(C(=O)C(C)(C)C)c1nc(C)c(C=O)c(C)n1. The Labute approximate surface area is 114 Å². The van der Waals surface area contributed by atoms with Crippen LogP contribution in [0.3, 0.4) is 0 Å². The van der Waals surface area contributed by atoms with Crippen LogP contribution in [0.4, 0.5) is 5.95 Å². The number of aromatic nitrogens is 2. The van der Waals surface area contributed by atoms with E-state index in [-0.39, 0.29) is 5.91 Å². The Hall–Kier alpha value is -1.78. The molecule has 0 N–H and O–H groups in total. The lowest BCUT2D eigenvalue weighted by molar-refractivity contribution is -0.125.